The number of carbonyl (C=O) groups excluding carboxylic acids is 4. The average molecular weight is 458 g/mol. The molecule has 9 heteroatoms. The van der Waals surface area contributed by atoms with E-state index in [1.165, 1.54) is 19.2 Å². The van der Waals surface area contributed by atoms with Crippen molar-refractivity contribution in [3.05, 3.63) is 71.8 Å². The molecule has 0 aliphatic carbocycles. The Hall–Kier alpha value is -4.66. The van der Waals surface area contributed by atoms with Gasteiger partial charge < -0.3 is 19.2 Å². The van der Waals surface area contributed by atoms with Gasteiger partial charge in [-0.15, -0.1) is 0 Å². The highest BCUT2D eigenvalue weighted by atomic mass is 16.5. The molecule has 0 bridgehead atoms. The maximum Gasteiger partial charge on any atom is 0.326 e. The van der Waals surface area contributed by atoms with Crippen molar-refractivity contribution in [2.45, 2.75) is 0 Å². The highest BCUT2D eigenvalue weighted by molar-refractivity contribution is 6.22. The molecule has 0 radical (unpaired) electrons. The first kappa shape index (κ1) is 21.2. The van der Waals surface area contributed by atoms with Gasteiger partial charge in [0.05, 0.1) is 23.9 Å². The normalized spacial score (nSPS) is 12.8. The van der Waals surface area contributed by atoms with E-state index in [1.807, 2.05) is 24.3 Å². The molecule has 3 amide bonds. The molecule has 5 rings (SSSR count). The summed E-state index contributed by atoms with van der Waals surface area (Å²) >= 11 is 0. The summed E-state index contributed by atoms with van der Waals surface area (Å²) in [5.41, 5.74) is 2.05. The fourth-order valence-corrected chi connectivity index (χ4v) is 3.91. The number of imide groups is 1. The maximum atomic E-state index is 12.4. The summed E-state index contributed by atoms with van der Waals surface area (Å²) in [5, 5.41) is 4.37. The number of amides is 3. The maximum absolute atomic E-state index is 12.4. The fraction of sp³-hybridized carbons (Fsp3) is 0.120. The van der Waals surface area contributed by atoms with Crippen LogP contribution in [0.15, 0.2) is 65.1 Å². The molecule has 170 valence electrons. The van der Waals surface area contributed by atoms with Crippen LogP contribution in [0.4, 0.5) is 5.69 Å². The third-order valence-corrected chi connectivity index (χ3v) is 5.50. The second-order valence-corrected chi connectivity index (χ2v) is 7.60. The van der Waals surface area contributed by atoms with Crippen LogP contribution in [0, 0.1) is 0 Å². The molecule has 4 aromatic rings. The summed E-state index contributed by atoms with van der Waals surface area (Å²) in [4.78, 5) is 50.1. The van der Waals surface area contributed by atoms with Crippen molar-refractivity contribution in [1.82, 2.24) is 4.90 Å². The largest absolute Gasteiger partial charge is 0.495 e. The molecular weight excluding hydrogens is 440 g/mol. The van der Waals surface area contributed by atoms with Crippen molar-refractivity contribution in [3.8, 4) is 5.75 Å². The van der Waals surface area contributed by atoms with Gasteiger partial charge in [-0.1, -0.05) is 30.3 Å². The Morgan fingerprint density at radius 1 is 0.912 bits per heavy atom. The second-order valence-electron chi connectivity index (χ2n) is 7.60. The van der Waals surface area contributed by atoms with E-state index in [9.17, 15) is 19.2 Å². The van der Waals surface area contributed by atoms with Crippen LogP contribution < -0.4 is 10.1 Å². The summed E-state index contributed by atoms with van der Waals surface area (Å²) in [6, 6.07) is 17.2. The Morgan fingerprint density at radius 3 is 2.29 bits per heavy atom. The monoisotopic (exact) mass is 458 g/mol. The SMILES string of the molecule is COc1cc2c(cc1NC(=O)COC(=O)CN1C(=O)c3ccccc3C1=O)oc1ccccc12. The van der Waals surface area contributed by atoms with Crippen LogP contribution in [-0.4, -0.2) is 48.9 Å². The predicted octanol–water partition coefficient (Wildman–Crippen LogP) is 3.37. The summed E-state index contributed by atoms with van der Waals surface area (Å²) < 4.78 is 16.2. The number of para-hydroxylation sites is 1. The molecule has 9 nitrogen and oxygen atoms in total. The number of nitrogens with zero attached hydrogens (tertiary/aromatic N) is 1. The van der Waals surface area contributed by atoms with E-state index in [1.54, 1.807) is 24.3 Å². The minimum Gasteiger partial charge on any atom is -0.495 e. The first-order valence-corrected chi connectivity index (χ1v) is 10.4. The van der Waals surface area contributed by atoms with Gasteiger partial charge in [0.1, 0.15) is 23.5 Å². The molecule has 1 N–H and O–H groups in total. The van der Waals surface area contributed by atoms with Crippen LogP contribution in [0.1, 0.15) is 20.7 Å². The van der Waals surface area contributed by atoms with Crippen molar-refractivity contribution in [3.63, 3.8) is 0 Å². The topological polar surface area (TPSA) is 115 Å². The number of nitrogens with one attached hydrogen (secondary N) is 1. The number of furan rings is 1. The molecule has 3 aromatic carbocycles. The van der Waals surface area contributed by atoms with Gasteiger partial charge >= 0.3 is 5.97 Å². The quantitative estimate of drug-likeness (QED) is 0.348. The number of esters is 1. The molecule has 0 unspecified atom stereocenters. The van der Waals surface area contributed by atoms with E-state index in [0.717, 1.165) is 15.7 Å². The third-order valence-electron chi connectivity index (χ3n) is 5.50. The number of benzene rings is 3. The Bertz CT molecular complexity index is 1450. The number of fused-ring (bicyclic) bond motifs is 4. The fourth-order valence-electron chi connectivity index (χ4n) is 3.91. The molecule has 0 atom stereocenters. The van der Waals surface area contributed by atoms with Crippen LogP contribution >= 0.6 is 0 Å². The van der Waals surface area contributed by atoms with Gasteiger partial charge in [-0.3, -0.25) is 24.1 Å². The van der Waals surface area contributed by atoms with E-state index >= 15 is 0 Å². The number of methoxy groups -OCH3 is 1. The van der Waals surface area contributed by atoms with E-state index in [0.29, 0.717) is 22.6 Å². The van der Waals surface area contributed by atoms with Gasteiger partial charge in [0, 0.05) is 16.8 Å². The van der Waals surface area contributed by atoms with Gasteiger partial charge in [0.25, 0.3) is 17.7 Å². The number of rotatable bonds is 6. The van der Waals surface area contributed by atoms with Gasteiger partial charge in [0.15, 0.2) is 6.61 Å². The molecule has 2 heterocycles. The van der Waals surface area contributed by atoms with Crippen molar-refractivity contribution in [1.29, 1.82) is 0 Å². The Labute approximate surface area is 192 Å². The summed E-state index contributed by atoms with van der Waals surface area (Å²) in [5.74, 6) is -2.25. The standard InChI is InChI=1S/C25H18N2O7/c1-32-21-10-17-14-6-4-5-9-19(14)34-20(17)11-18(21)26-22(28)13-33-23(29)12-27-24(30)15-7-2-3-8-16(15)25(27)31/h2-11H,12-13H2,1H3,(H,26,28). The van der Waals surface area contributed by atoms with Gasteiger partial charge in [-0.2, -0.15) is 0 Å². The van der Waals surface area contributed by atoms with Gasteiger partial charge in [-0.05, 0) is 24.3 Å². The molecule has 1 aliphatic rings. The zero-order chi connectivity index (χ0) is 23.8. The number of carbonyl (C=O) groups is 4. The van der Waals surface area contributed by atoms with Gasteiger partial charge in [-0.25, -0.2) is 0 Å². The second kappa shape index (κ2) is 8.36. The van der Waals surface area contributed by atoms with Crippen LogP contribution in [0.5, 0.6) is 5.75 Å². The number of hydrogen-bond donors (Lipinski definition) is 1. The Balaban J connectivity index is 1.24. The van der Waals surface area contributed by atoms with E-state index in [2.05, 4.69) is 5.32 Å². The molecule has 0 saturated carbocycles. The lowest BCUT2D eigenvalue weighted by Gasteiger charge is -2.13. The summed E-state index contributed by atoms with van der Waals surface area (Å²) in [7, 11) is 1.47. The molecule has 0 saturated heterocycles. The average Bonchev–Trinajstić information content (AvgIpc) is 3.32. The molecule has 1 aromatic heterocycles. The van der Waals surface area contributed by atoms with Crippen molar-refractivity contribution < 1.29 is 33.1 Å². The molecule has 1 aliphatic heterocycles. The van der Waals surface area contributed by atoms with Crippen molar-refractivity contribution in [2.75, 3.05) is 25.6 Å². The molecule has 34 heavy (non-hydrogen) atoms. The third kappa shape index (κ3) is 3.62. The van der Waals surface area contributed by atoms with Gasteiger partial charge in [0.2, 0.25) is 0 Å². The van der Waals surface area contributed by atoms with Crippen molar-refractivity contribution >= 4 is 51.3 Å². The van der Waals surface area contributed by atoms with E-state index in [4.69, 9.17) is 13.9 Å². The Kier molecular flexibility index (Phi) is 5.21. The van der Waals surface area contributed by atoms with E-state index < -0.39 is 36.8 Å². The highest BCUT2D eigenvalue weighted by Gasteiger charge is 2.36. The Morgan fingerprint density at radius 2 is 1.59 bits per heavy atom. The van der Waals surface area contributed by atoms with Crippen molar-refractivity contribution in [2.24, 2.45) is 0 Å². The lowest BCUT2D eigenvalue weighted by atomic mass is 10.1. The zero-order valence-electron chi connectivity index (χ0n) is 18.0. The lowest BCUT2D eigenvalue weighted by Crippen LogP contribution is -2.36. The zero-order valence-corrected chi connectivity index (χ0v) is 18.0. The first-order chi connectivity index (χ1) is 16.5. The number of hydrogen-bond acceptors (Lipinski definition) is 7. The number of ether oxygens (including phenoxy) is 2. The van der Waals surface area contributed by atoms with Crippen LogP contribution in [0.2, 0.25) is 0 Å². The van der Waals surface area contributed by atoms with Crippen LogP contribution in [0.3, 0.4) is 0 Å². The van der Waals surface area contributed by atoms with Crippen LogP contribution in [0.25, 0.3) is 21.9 Å². The lowest BCUT2D eigenvalue weighted by molar-refractivity contribution is -0.147. The predicted molar refractivity (Wildman–Crippen MR) is 122 cm³/mol. The highest BCUT2D eigenvalue weighted by Crippen LogP contribution is 2.36. The molecule has 0 fully saturated rings. The van der Waals surface area contributed by atoms with E-state index in [-0.39, 0.29) is 11.1 Å². The smallest absolute Gasteiger partial charge is 0.326 e. The minimum absolute atomic E-state index is 0.228. The summed E-state index contributed by atoms with van der Waals surface area (Å²) in [6.07, 6.45) is 0. The molecule has 0 spiro atoms. The first-order valence-electron chi connectivity index (χ1n) is 10.4. The van der Waals surface area contributed by atoms with Crippen LogP contribution in [-0.2, 0) is 14.3 Å². The minimum atomic E-state index is -0.885. The molecular formula is C25H18N2O7. The number of anilines is 1. The summed E-state index contributed by atoms with van der Waals surface area (Å²) in [6.45, 7) is -1.20.